The Kier molecular flexibility index (Phi) is 6.51. The molecular weight excluding hydrogens is 300 g/mol. The lowest BCUT2D eigenvalue weighted by molar-refractivity contribution is 0.0844. The van der Waals surface area contributed by atoms with E-state index < -0.39 is 0 Å². The Bertz CT molecular complexity index is 390. The summed E-state index contributed by atoms with van der Waals surface area (Å²) in [6.07, 6.45) is 1.97. The third kappa shape index (κ3) is 3.80. The Balaban J connectivity index is 2.90. The number of hydrogen-bond donors (Lipinski definition) is 1. The third-order valence-corrected chi connectivity index (χ3v) is 5.17. The van der Waals surface area contributed by atoms with E-state index >= 15 is 0 Å². The zero-order valence-electron chi connectivity index (χ0n) is 12.6. The van der Waals surface area contributed by atoms with Crippen molar-refractivity contribution in [2.75, 3.05) is 13.1 Å². The molecule has 0 radical (unpaired) electrons. The SMILES string of the molecule is CCN(CC)C(C)(CC)C(N)Cc1ccccc1Br. The van der Waals surface area contributed by atoms with E-state index in [2.05, 4.69) is 66.7 Å². The average Bonchev–Trinajstić information content (AvgIpc) is 2.42. The van der Waals surface area contributed by atoms with E-state index in [0.29, 0.717) is 0 Å². The van der Waals surface area contributed by atoms with Crippen molar-refractivity contribution in [3.8, 4) is 0 Å². The molecule has 0 saturated carbocycles. The summed E-state index contributed by atoms with van der Waals surface area (Å²) in [5.41, 5.74) is 7.90. The van der Waals surface area contributed by atoms with E-state index in [4.69, 9.17) is 5.73 Å². The van der Waals surface area contributed by atoms with Crippen molar-refractivity contribution in [2.45, 2.75) is 52.1 Å². The number of benzene rings is 1. The Morgan fingerprint density at radius 1 is 1.21 bits per heavy atom. The van der Waals surface area contributed by atoms with E-state index in [0.717, 1.165) is 30.4 Å². The van der Waals surface area contributed by atoms with Crippen LogP contribution in [0.4, 0.5) is 0 Å². The van der Waals surface area contributed by atoms with Gasteiger partial charge in [0, 0.05) is 16.1 Å². The lowest BCUT2D eigenvalue weighted by atomic mass is 9.84. The fourth-order valence-corrected chi connectivity index (χ4v) is 3.23. The molecule has 3 heteroatoms. The summed E-state index contributed by atoms with van der Waals surface area (Å²) in [6.45, 7) is 11.0. The Morgan fingerprint density at radius 3 is 2.26 bits per heavy atom. The predicted octanol–water partition coefficient (Wildman–Crippen LogP) is 3.83. The molecule has 0 aromatic heterocycles. The van der Waals surface area contributed by atoms with Crippen LogP contribution in [0.5, 0.6) is 0 Å². The van der Waals surface area contributed by atoms with Crippen molar-refractivity contribution in [1.82, 2.24) is 4.90 Å². The van der Waals surface area contributed by atoms with Crippen LogP contribution in [0.15, 0.2) is 28.7 Å². The number of halogens is 1. The second-order valence-corrected chi connectivity index (χ2v) is 6.14. The van der Waals surface area contributed by atoms with Crippen LogP contribution in [0, 0.1) is 0 Å². The smallest absolute Gasteiger partial charge is 0.0332 e. The monoisotopic (exact) mass is 326 g/mol. The molecule has 0 spiro atoms. The second kappa shape index (κ2) is 7.41. The van der Waals surface area contributed by atoms with Gasteiger partial charge in [-0.15, -0.1) is 0 Å². The summed E-state index contributed by atoms with van der Waals surface area (Å²) in [5.74, 6) is 0. The first-order chi connectivity index (χ1) is 8.99. The van der Waals surface area contributed by atoms with Crippen molar-refractivity contribution >= 4 is 15.9 Å². The molecule has 2 unspecified atom stereocenters. The summed E-state index contributed by atoms with van der Waals surface area (Å²) in [7, 11) is 0. The fourth-order valence-electron chi connectivity index (χ4n) is 2.79. The van der Waals surface area contributed by atoms with E-state index in [9.17, 15) is 0 Å². The van der Waals surface area contributed by atoms with Gasteiger partial charge in [0.25, 0.3) is 0 Å². The molecule has 1 aromatic carbocycles. The number of hydrogen-bond acceptors (Lipinski definition) is 2. The highest BCUT2D eigenvalue weighted by Crippen LogP contribution is 2.26. The molecule has 2 atom stereocenters. The van der Waals surface area contributed by atoms with Crippen LogP contribution in [0.3, 0.4) is 0 Å². The molecule has 2 N–H and O–H groups in total. The highest BCUT2D eigenvalue weighted by atomic mass is 79.9. The van der Waals surface area contributed by atoms with Crippen LogP contribution < -0.4 is 5.73 Å². The Morgan fingerprint density at radius 2 is 1.79 bits per heavy atom. The minimum Gasteiger partial charge on any atom is -0.326 e. The molecule has 0 saturated heterocycles. The van der Waals surface area contributed by atoms with Gasteiger partial charge in [-0.1, -0.05) is 54.9 Å². The maximum Gasteiger partial charge on any atom is 0.0332 e. The molecule has 2 nitrogen and oxygen atoms in total. The molecule has 0 amide bonds. The molecule has 108 valence electrons. The Hall–Kier alpha value is -0.380. The maximum atomic E-state index is 6.55. The highest BCUT2D eigenvalue weighted by molar-refractivity contribution is 9.10. The van der Waals surface area contributed by atoms with Crippen LogP contribution in [-0.2, 0) is 6.42 Å². The minimum atomic E-state index is 0.0543. The summed E-state index contributed by atoms with van der Waals surface area (Å²) in [5, 5.41) is 0. The zero-order chi connectivity index (χ0) is 14.5. The van der Waals surface area contributed by atoms with Gasteiger partial charge in [0.1, 0.15) is 0 Å². The molecule has 1 rings (SSSR count). The van der Waals surface area contributed by atoms with Crippen molar-refractivity contribution in [3.05, 3.63) is 34.3 Å². The molecule has 0 aliphatic heterocycles. The number of nitrogens with zero attached hydrogens (tertiary/aromatic N) is 1. The first kappa shape index (κ1) is 16.7. The standard InChI is InChI=1S/C16H27BrN2/c1-5-16(4,19(6-2)7-3)15(18)12-13-10-8-9-11-14(13)17/h8-11,15H,5-7,12,18H2,1-4H3. The molecule has 0 aliphatic carbocycles. The lowest BCUT2D eigenvalue weighted by Gasteiger charge is -2.44. The molecular formula is C16H27BrN2. The van der Waals surface area contributed by atoms with Crippen LogP contribution >= 0.6 is 15.9 Å². The van der Waals surface area contributed by atoms with Gasteiger partial charge in [0.2, 0.25) is 0 Å². The summed E-state index contributed by atoms with van der Waals surface area (Å²) < 4.78 is 1.16. The fraction of sp³-hybridized carbons (Fsp3) is 0.625. The van der Waals surface area contributed by atoms with Crippen LogP contribution in [-0.4, -0.2) is 29.6 Å². The number of rotatable bonds is 7. The molecule has 0 fully saturated rings. The van der Waals surface area contributed by atoms with Gasteiger partial charge in [-0.25, -0.2) is 0 Å². The van der Waals surface area contributed by atoms with E-state index in [1.54, 1.807) is 0 Å². The summed E-state index contributed by atoms with van der Waals surface area (Å²) in [4.78, 5) is 2.48. The molecule has 19 heavy (non-hydrogen) atoms. The average molecular weight is 327 g/mol. The third-order valence-electron chi connectivity index (χ3n) is 4.40. The zero-order valence-corrected chi connectivity index (χ0v) is 14.2. The maximum absolute atomic E-state index is 6.55. The van der Waals surface area contributed by atoms with Gasteiger partial charge in [0.05, 0.1) is 0 Å². The van der Waals surface area contributed by atoms with E-state index in [1.165, 1.54) is 5.56 Å². The van der Waals surface area contributed by atoms with E-state index in [-0.39, 0.29) is 11.6 Å². The molecule has 1 aromatic rings. The van der Waals surface area contributed by atoms with Crippen LogP contribution in [0.25, 0.3) is 0 Å². The first-order valence-electron chi connectivity index (χ1n) is 7.23. The van der Waals surface area contributed by atoms with Crippen molar-refractivity contribution < 1.29 is 0 Å². The van der Waals surface area contributed by atoms with Gasteiger partial charge in [-0.05, 0) is 44.5 Å². The topological polar surface area (TPSA) is 29.3 Å². The molecule has 0 aliphatic rings. The predicted molar refractivity (Wildman–Crippen MR) is 87.4 cm³/mol. The quantitative estimate of drug-likeness (QED) is 0.825. The summed E-state index contributed by atoms with van der Waals surface area (Å²) >= 11 is 3.62. The largest absolute Gasteiger partial charge is 0.326 e. The summed E-state index contributed by atoms with van der Waals surface area (Å²) in [6, 6.07) is 8.50. The second-order valence-electron chi connectivity index (χ2n) is 5.29. The first-order valence-corrected chi connectivity index (χ1v) is 8.02. The van der Waals surface area contributed by atoms with Crippen LogP contribution in [0.1, 0.15) is 39.7 Å². The molecule has 0 heterocycles. The minimum absolute atomic E-state index is 0.0543. The van der Waals surface area contributed by atoms with Gasteiger partial charge < -0.3 is 5.73 Å². The van der Waals surface area contributed by atoms with Crippen molar-refractivity contribution in [1.29, 1.82) is 0 Å². The van der Waals surface area contributed by atoms with Gasteiger partial charge in [-0.3, -0.25) is 4.90 Å². The number of likely N-dealkylation sites (N-methyl/N-ethyl adjacent to an activating group) is 1. The van der Waals surface area contributed by atoms with Crippen molar-refractivity contribution in [2.24, 2.45) is 5.73 Å². The highest BCUT2D eigenvalue weighted by Gasteiger charge is 2.34. The lowest BCUT2D eigenvalue weighted by Crippen LogP contribution is -2.58. The van der Waals surface area contributed by atoms with Gasteiger partial charge in [0.15, 0.2) is 0 Å². The Labute approximate surface area is 126 Å². The van der Waals surface area contributed by atoms with Crippen molar-refractivity contribution in [3.63, 3.8) is 0 Å². The normalized spacial score (nSPS) is 16.4. The van der Waals surface area contributed by atoms with Gasteiger partial charge >= 0.3 is 0 Å². The van der Waals surface area contributed by atoms with Crippen LogP contribution in [0.2, 0.25) is 0 Å². The van der Waals surface area contributed by atoms with Gasteiger partial charge in [-0.2, -0.15) is 0 Å². The molecule has 0 bridgehead atoms. The van der Waals surface area contributed by atoms with E-state index in [1.807, 2.05) is 6.07 Å². The number of nitrogens with two attached hydrogens (primary N) is 1.